The lowest BCUT2D eigenvalue weighted by Gasteiger charge is -2.14. The molecule has 0 amide bonds. The molecule has 1 aromatic rings. The Morgan fingerprint density at radius 3 is 2.48 bits per heavy atom. The van der Waals surface area contributed by atoms with E-state index < -0.39 is 49.3 Å². The molecule has 0 fully saturated rings. The van der Waals surface area contributed by atoms with Gasteiger partial charge in [-0.1, -0.05) is 6.08 Å². The Kier molecular flexibility index (Phi) is 4.24. The van der Waals surface area contributed by atoms with Crippen molar-refractivity contribution < 1.29 is 27.7 Å². The molecule has 2 rings (SSSR count). The summed E-state index contributed by atoms with van der Waals surface area (Å²) >= 11 is 0. The number of sulfone groups is 1. The number of benzene rings is 1. The van der Waals surface area contributed by atoms with Gasteiger partial charge in [0.25, 0.3) is 5.69 Å². The van der Waals surface area contributed by atoms with Gasteiger partial charge >= 0.3 is 0 Å². The molecule has 0 aliphatic heterocycles. The number of nitro groups is 1. The van der Waals surface area contributed by atoms with E-state index in [1.807, 2.05) is 0 Å². The van der Waals surface area contributed by atoms with E-state index in [2.05, 4.69) is 0 Å². The molecule has 0 bridgehead atoms. The van der Waals surface area contributed by atoms with Crippen LogP contribution >= 0.6 is 0 Å². The van der Waals surface area contributed by atoms with Gasteiger partial charge in [0.15, 0.2) is 27.2 Å². The highest BCUT2D eigenvalue weighted by atomic mass is 32.2. The van der Waals surface area contributed by atoms with Crippen molar-refractivity contribution in [2.45, 2.75) is 11.3 Å². The lowest BCUT2D eigenvalue weighted by molar-refractivity contribution is -0.385. The minimum atomic E-state index is -3.71. The Labute approximate surface area is 130 Å². The van der Waals surface area contributed by atoms with E-state index in [1.54, 1.807) is 0 Å². The van der Waals surface area contributed by atoms with Crippen molar-refractivity contribution in [1.82, 2.24) is 0 Å². The molecule has 1 unspecified atom stereocenters. The maximum atomic E-state index is 12.4. The van der Waals surface area contributed by atoms with Crippen LogP contribution in [0.4, 0.5) is 5.69 Å². The van der Waals surface area contributed by atoms with Crippen molar-refractivity contribution in [3.05, 3.63) is 46.0 Å². The zero-order valence-electron chi connectivity index (χ0n) is 11.9. The van der Waals surface area contributed by atoms with Crippen LogP contribution in [0.25, 0.3) is 0 Å². The molecular formula is C14H11NO7S. The van der Waals surface area contributed by atoms with Crippen LogP contribution in [-0.2, 0) is 19.4 Å². The number of nitro benzene ring substituents is 1. The highest BCUT2D eigenvalue weighted by Gasteiger charge is 2.37. The number of rotatable bonds is 4. The summed E-state index contributed by atoms with van der Waals surface area (Å²) in [6.07, 6.45) is 3.15. The molecule has 9 heteroatoms. The maximum absolute atomic E-state index is 12.4. The second-order valence-electron chi connectivity index (χ2n) is 4.98. The molecule has 0 heterocycles. The molecule has 0 saturated heterocycles. The monoisotopic (exact) mass is 337 g/mol. The molecule has 0 saturated carbocycles. The molecule has 1 atom stereocenters. The molecule has 0 radical (unpaired) electrons. The van der Waals surface area contributed by atoms with E-state index in [4.69, 9.17) is 0 Å². The number of carbonyl (C=O) groups excluding carboxylic acids is 3. The summed E-state index contributed by atoms with van der Waals surface area (Å²) < 4.78 is 22.9. The summed E-state index contributed by atoms with van der Waals surface area (Å²) in [5.41, 5.74) is -1.22. The third-order valence-electron chi connectivity index (χ3n) is 3.33. The summed E-state index contributed by atoms with van der Waals surface area (Å²) in [5.74, 6) is -4.02. The highest BCUT2D eigenvalue weighted by Crippen LogP contribution is 2.27. The third kappa shape index (κ3) is 3.24. The molecule has 0 aromatic heterocycles. The SMILES string of the molecule is CS(=O)(=O)c1ccc(C(=O)C2C(=O)C=CCC2=O)c([N+](=O)[O-])c1. The first kappa shape index (κ1) is 16.7. The predicted octanol–water partition coefficient (Wildman–Crippen LogP) is 0.895. The number of allylic oxidation sites excluding steroid dienone is 2. The fourth-order valence-electron chi connectivity index (χ4n) is 2.20. The smallest absolute Gasteiger partial charge is 0.281 e. The summed E-state index contributed by atoms with van der Waals surface area (Å²) in [5, 5.41) is 11.1. The minimum Gasteiger partial charge on any atom is -0.298 e. The highest BCUT2D eigenvalue weighted by molar-refractivity contribution is 7.90. The van der Waals surface area contributed by atoms with Gasteiger partial charge in [-0.3, -0.25) is 24.5 Å². The summed E-state index contributed by atoms with van der Waals surface area (Å²) in [7, 11) is -3.71. The van der Waals surface area contributed by atoms with Crippen LogP contribution in [-0.4, -0.2) is 36.9 Å². The molecule has 120 valence electrons. The number of Topliss-reactive ketones (excluding diaryl/α,β-unsaturated/α-hetero) is 2. The quantitative estimate of drug-likeness (QED) is 0.345. The van der Waals surface area contributed by atoms with E-state index in [0.29, 0.717) is 0 Å². The van der Waals surface area contributed by atoms with Crippen molar-refractivity contribution in [2.75, 3.05) is 6.26 Å². The van der Waals surface area contributed by atoms with Gasteiger partial charge in [0.2, 0.25) is 0 Å². The fraction of sp³-hybridized carbons (Fsp3) is 0.214. The van der Waals surface area contributed by atoms with Crippen LogP contribution in [0.5, 0.6) is 0 Å². The average molecular weight is 337 g/mol. The normalized spacial score (nSPS) is 18.0. The standard InChI is InChI=1S/C14H11NO7S/c1-23(21,22)8-5-6-9(10(7-8)15(19)20)14(18)13-11(16)3-2-4-12(13)17/h2-3,5-7,13H,4H2,1H3. The van der Waals surface area contributed by atoms with E-state index in [-0.39, 0.29) is 11.3 Å². The first-order valence-electron chi connectivity index (χ1n) is 6.38. The summed E-state index contributed by atoms with van der Waals surface area (Å²) in [6, 6.07) is 2.73. The van der Waals surface area contributed by atoms with Crippen molar-refractivity contribution >= 4 is 32.9 Å². The predicted molar refractivity (Wildman–Crippen MR) is 77.8 cm³/mol. The van der Waals surface area contributed by atoms with Crippen molar-refractivity contribution in [1.29, 1.82) is 0 Å². The van der Waals surface area contributed by atoms with Crippen molar-refractivity contribution in [3.63, 3.8) is 0 Å². The van der Waals surface area contributed by atoms with Gasteiger partial charge in [-0.2, -0.15) is 0 Å². The Hall–Kier alpha value is -2.68. The van der Waals surface area contributed by atoms with Crippen LogP contribution in [0.15, 0.2) is 35.2 Å². The Morgan fingerprint density at radius 1 is 1.30 bits per heavy atom. The van der Waals surface area contributed by atoms with Crippen molar-refractivity contribution in [3.8, 4) is 0 Å². The van der Waals surface area contributed by atoms with Crippen LogP contribution in [0.3, 0.4) is 0 Å². The van der Waals surface area contributed by atoms with E-state index in [0.717, 1.165) is 30.5 Å². The molecule has 0 N–H and O–H groups in total. The molecule has 1 aromatic carbocycles. The van der Waals surface area contributed by atoms with Gasteiger partial charge in [0, 0.05) is 18.7 Å². The molecule has 8 nitrogen and oxygen atoms in total. The van der Waals surface area contributed by atoms with Crippen LogP contribution < -0.4 is 0 Å². The lowest BCUT2D eigenvalue weighted by atomic mass is 9.85. The zero-order valence-corrected chi connectivity index (χ0v) is 12.7. The molecule has 0 spiro atoms. The molecule has 1 aliphatic rings. The van der Waals surface area contributed by atoms with Crippen molar-refractivity contribution in [2.24, 2.45) is 5.92 Å². The number of ketones is 3. The maximum Gasteiger partial charge on any atom is 0.281 e. The zero-order chi connectivity index (χ0) is 17.4. The van der Waals surface area contributed by atoms with Gasteiger partial charge < -0.3 is 0 Å². The second kappa shape index (κ2) is 5.84. The van der Waals surface area contributed by atoms with Crippen LogP contribution in [0.2, 0.25) is 0 Å². The average Bonchev–Trinajstić information content (AvgIpc) is 2.45. The molecule has 1 aliphatic carbocycles. The first-order chi connectivity index (χ1) is 10.6. The number of nitrogens with zero attached hydrogens (tertiary/aromatic N) is 1. The van der Waals surface area contributed by atoms with E-state index >= 15 is 0 Å². The van der Waals surface area contributed by atoms with E-state index in [9.17, 15) is 32.9 Å². The van der Waals surface area contributed by atoms with Crippen LogP contribution in [0, 0.1) is 16.0 Å². The fourth-order valence-corrected chi connectivity index (χ4v) is 2.84. The topological polar surface area (TPSA) is 128 Å². The Balaban J connectivity index is 2.57. The van der Waals surface area contributed by atoms with Gasteiger partial charge in [-0.25, -0.2) is 8.42 Å². The minimum absolute atomic E-state index is 0.114. The molecule has 23 heavy (non-hydrogen) atoms. The van der Waals surface area contributed by atoms with Gasteiger partial charge in [-0.15, -0.1) is 0 Å². The molecular weight excluding hydrogens is 326 g/mol. The van der Waals surface area contributed by atoms with Gasteiger partial charge in [-0.05, 0) is 18.2 Å². The number of hydrogen-bond donors (Lipinski definition) is 0. The summed E-state index contributed by atoms with van der Waals surface area (Å²) in [6.45, 7) is 0. The van der Waals surface area contributed by atoms with Crippen LogP contribution in [0.1, 0.15) is 16.8 Å². The Morgan fingerprint density at radius 2 is 1.96 bits per heavy atom. The van der Waals surface area contributed by atoms with Gasteiger partial charge in [0.05, 0.1) is 15.4 Å². The van der Waals surface area contributed by atoms with E-state index in [1.165, 1.54) is 6.08 Å². The number of carbonyl (C=O) groups is 3. The largest absolute Gasteiger partial charge is 0.298 e. The number of hydrogen-bond acceptors (Lipinski definition) is 7. The van der Waals surface area contributed by atoms with Gasteiger partial charge in [0.1, 0.15) is 5.92 Å². The Bertz CT molecular complexity index is 867. The third-order valence-corrected chi connectivity index (χ3v) is 4.44. The second-order valence-corrected chi connectivity index (χ2v) is 7.00. The first-order valence-corrected chi connectivity index (χ1v) is 8.28. The lowest BCUT2D eigenvalue weighted by Crippen LogP contribution is -2.33. The summed E-state index contributed by atoms with van der Waals surface area (Å²) in [4.78, 5) is 45.8.